The number of carbonyl (C=O) groups excluding carboxylic acids is 1. The van der Waals surface area contributed by atoms with E-state index >= 15 is 0 Å². The summed E-state index contributed by atoms with van der Waals surface area (Å²) in [5, 5.41) is 3.08. The van der Waals surface area contributed by atoms with Crippen molar-refractivity contribution >= 4 is 5.91 Å². The number of nitrogens with one attached hydrogen (secondary N) is 1. The minimum atomic E-state index is -0.0472. The van der Waals surface area contributed by atoms with E-state index in [0.717, 1.165) is 6.42 Å². The minimum absolute atomic E-state index is 0.0472. The maximum atomic E-state index is 11.7. The molecule has 1 heterocycles. The molecule has 0 spiro atoms. The zero-order valence-corrected chi connectivity index (χ0v) is 10.4. The highest BCUT2D eigenvalue weighted by Gasteiger charge is 2.43. The van der Waals surface area contributed by atoms with Crippen molar-refractivity contribution in [2.45, 2.75) is 25.8 Å². The Morgan fingerprint density at radius 1 is 1.41 bits per heavy atom. The van der Waals surface area contributed by atoms with Crippen LogP contribution >= 0.6 is 0 Å². The van der Waals surface area contributed by atoms with Crippen molar-refractivity contribution in [2.75, 3.05) is 13.7 Å². The summed E-state index contributed by atoms with van der Waals surface area (Å²) in [6.45, 7) is 2.84. The molecule has 3 heteroatoms. The topological polar surface area (TPSA) is 38.3 Å². The lowest BCUT2D eigenvalue weighted by molar-refractivity contribution is -0.119. The maximum absolute atomic E-state index is 11.7. The van der Waals surface area contributed by atoms with Crippen LogP contribution < -0.4 is 5.32 Å². The molecule has 2 unspecified atom stereocenters. The molecule has 92 valence electrons. The zero-order chi connectivity index (χ0) is 12.3. The molecule has 3 nitrogen and oxygen atoms in total. The molecule has 0 aliphatic carbocycles. The first-order valence-electron chi connectivity index (χ1n) is 5.99. The fourth-order valence-corrected chi connectivity index (χ4v) is 2.55. The van der Waals surface area contributed by atoms with E-state index in [1.807, 2.05) is 18.2 Å². The number of amides is 1. The van der Waals surface area contributed by atoms with Gasteiger partial charge >= 0.3 is 0 Å². The van der Waals surface area contributed by atoms with Gasteiger partial charge in [-0.15, -0.1) is 0 Å². The van der Waals surface area contributed by atoms with Gasteiger partial charge in [0, 0.05) is 25.6 Å². The highest BCUT2D eigenvalue weighted by molar-refractivity contribution is 5.80. The van der Waals surface area contributed by atoms with Crippen molar-refractivity contribution in [1.82, 2.24) is 5.32 Å². The predicted molar refractivity (Wildman–Crippen MR) is 66.5 cm³/mol. The summed E-state index contributed by atoms with van der Waals surface area (Å²) in [6, 6.07) is 10.3. The van der Waals surface area contributed by atoms with Crippen molar-refractivity contribution in [3.05, 3.63) is 35.9 Å². The Balaban J connectivity index is 2.22. The molecule has 1 fully saturated rings. The molecule has 1 aliphatic heterocycles. The van der Waals surface area contributed by atoms with E-state index in [0.29, 0.717) is 13.0 Å². The zero-order valence-electron chi connectivity index (χ0n) is 10.4. The molecule has 0 saturated carbocycles. The monoisotopic (exact) mass is 233 g/mol. The lowest BCUT2D eigenvalue weighted by atomic mass is 9.77. The number of benzene rings is 1. The normalized spacial score (nSPS) is 28.1. The molecule has 0 radical (unpaired) electrons. The van der Waals surface area contributed by atoms with E-state index in [2.05, 4.69) is 24.4 Å². The van der Waals surface area contributed by atoms with Crippen LogP contribution in [0.1, 0.15) is 31.4 Å². The molecule has 17 heavy (non-hydrogen) atoms. The molecule has 1 N–H and O–H groups in total. The molecule has 0 aromatic heterocycles. The lowest BCUT2D eigenvalue weighted by Gasteiger charge is -2.30. The molecule has 1 saturated heterocycles. The Labute approximate surface area is 102 Å². The smallest absolute Gasteiger partial charge is 0.221 e. The van der Waals surface area contributed by atoms with E-state index < -0.39 is 0 Å². The van der Waals surface area contributed by atoms with Crippen LogP contribution in [-0.4, -0.2) is 19.6 Å². The van der Waals surface area contributed by atoms with Gasteiger partial charge in [-0.2, -0.15) is 0 Å². The van der Waals surface area contributed by atoms with Gasteiger partial charge in [0.25, 0.3) is 0 Å². The van der Waals surface area contributed by atoms with Crippen LogP contribution in [-0.2, 0) is 9.53 Å². The quantitative estimate of drug-likeness (QED) is 0.866. The minimum Gasteiger partial charge on any atom is -0.385 e. The molecule has 1 aliphatic rings. The number of ether oxygens (including phenoxy) is 1. The molecule has 0 bridgehead atoms. The molecular weight excluding hydrogens is 214 g/mol. The Bertz CT molecular complexity index is 390. The Morgan fingerprint density at radius 2 is 2.12 bits per heavy atom. The van der Waals surface area contributed by atoms with Crippen LogP contribution in [0.25, 0.3) is 0 Å². The molecule has 2 atom stereocenters. The van der Waals surface area contributed by atoms with Crippen molar-refractivity contribution < 1.29 is 9.53 Å². The summed E-state index contributed by atoms with van der Waals surface area (Å²) in [6.07, 6.45) is 1.47. The first kappa shape index (κ1) is 12.1. The number of hydrogen-bond acceptors (Lipinski definition) is 2. The second-order valence-electron chi connectivity index (χ2n) is 4.98. The summed E-state index contributed by atoms with van der Waals surface area (Å²) < 4.78 is 5.15. The third-order valence-corrected chi connectivity index (χ3v) is 3.58. The summed E-state index contributed by atoms with van der Waals surface area (Å²) in [7, 11) is 1.70. The van der Waals surface area contributed by atoms with Gasteiger partial charge in [0.1, 0.15) is 0 Å². The summed E-state index contributed by atoms with van der Waals surface area (Å²) >= 11 is 0. The Morgan fingerprint density at radius 3 is 2.76 bits per heavy atom. The van der Waals surface area contributed by atoms with Crippen LogP contribution in [0.3, 0.4) is 0 Å². The van der Waals surface area contributed by atoms with E-state index in [-0.39, 0.29) is 17.4 Å². The van der Waals surface area contributed by atoms with Crippen molar-refractivity contribution in [3.63, 3.8) is 0 Å². The largest absolute Gasteiger partial charge is 0.385 e. The highest BCUT2D eigenvalue weighted by Crippen LogP contribution is 2.44. The second kappa shape index (κ2) is 4.88. The van der Waals surface area contributed by atoms with E-state index in [1.165, 1.54) is 5.56 Å². The fourth-order valence-electron chi connectivity index (χ4n) is 2.55. The van der Waals surface area contributed by atoms with Gasteiger partial charge in [-0.1, -0.05) is 37.3 Å². The fraction of sp³-hybridized carbons (Fsp3) is 0.500. The third kappa shape index (κ3) is 2.50. The van der Waals surface area contributed by atoms with Crippen molar-refractivity contribution in [2.24, 2.45) is 5.41 Å². The predicted octanol–water partition coefficient (Wildman–Crippen LogP) is 2.29. The van der Waals surface area contributed by atoms with E-state index in [9.17, 15) is 4.79 Å². The van der Waals surface area contributed by atoms with Gasteiger partial charge in [0.2, 0.25) is 5.91 Å². The van der Waals surface area contributed by atoms with Crippen LogP contribution in [0.15, 0.2) is 30.3 Å². The number of carbonyl (C=O) groups is 1. The van der Waals surface area contributed by atoms with Gasteiger partial charge in [0.15, 0.2) is 0 Å². The summed E-state index contributed by atoms with van der Waals surface area (Å²) in [5.41, 5.74) is 1.13. The first-order chi connectivity index (χ1) is 8.15. The standard InChI is InChI=1S/C14H19NO2/c1-14(8-9-17-2)10-12(16)15-13(14)11-6-4-3-5-7-11/h3-7,13H,8-10H2,1-2H3,(H,15,16). The summed E-state index contributed by atoms with van der Waals surface area (Å²) in [4.78, 5) is 11.7. The van der Waals surface area contributed by atoms with E-state index in [4.69, 9.17) is 4.74 Å². The van der Waals surface area contributed by atoms with E-state index in [1.54, 1.807) is 7.11 Å². The van der Waals surface area contributed by atoms with Gasteiger partial charge in [0.05, 0.1) is 6.04 Å². The third-order valence-electron chi connectivity index (χ3n) is 3.58. The lowest BCUT2D eigenvalue weighted by Crippen LogP contribution is -2.28. The summed E-state index contributed by atoms with van der Waals surface area (Å²) in [5.74, 6) is 0.137. The van der Waals surface area contributed by atoms with Crippen LogP contribution in [0.5, 0.6) is 0 Å². The number of hydrogen-bond donors (Lipinski definition) is 1. The molecule has 2 rings (SSSR count). The van der Waals surface area contributed by atoms with Gasteiger partial charge in [-0.05, 0) is 12.0 Å². The number of rotatable bonds is 4. The Hall–Kier alpha value is -1.35. The van der Waals surface area contributed by atoms with Crippen LogP contribution in [0, 0.1) is 5.41 Å². The van der Waals surface area contributed by atoms with Crippen molar-refractivity contribution in [1.29, 1.82) is 0 Å². The van der Waals surface area contributed by atoms with Crippen LogP contribution in [0.2, 0.25) is 0 Å². The molecular formula is C14H19NO2. The van der Waals surface area contributed by atoms with Crippen LogP contribution in [0.4, 0.5) is 0 Å². The number of methoxy groups -OCH3 is 1. The Kier molecular flexibility index (Phi) is 3.48. The molecule has 1 aromatic rings. The van der Waals surface area contributed by atoms with Gasteiger partial charge in [-0.25, -0.2) is 0 Å². The molecule has 1 aromatic carbocycles. The average molecular weight is 233 g/mol. The average Bonchev–Trinajstić information content (AvgIpc) is 2.64. The van der Waals surface area contributed by atoms with Crippen molar-refractivity contribution in [3.8, 4) is 0 Å². The van der Waals surface area contributed by atoms with Gasteiger partial charge < -0.3 is 10.1 Å². The molecule has 1 amide bonds. The first-order valence-corrected chi connectivity index (χ1v) is 5.99. The van der Waals surface area contributed by atoms with Gasteiger partial charge in [-0.3, -0.25) is 4.79 Å². The SMILES string of the molecule is COCCC1(C)CC(=O)NC1c1ccccc1. The maximum Gasteiger partial charge on any atom is 0.221 e. The second-order valence-corrected chi connectivity index (χ2v) is 4.98. The highest BCUT2D eigenvalue weighted by atomic mass is 16.5.